The first-order valence-corrected chi connectivity index (χ1v) is 6.26. The topological polar surface area (TPSA) is 28.4 Å². The van der Waals surface area contributed by atoms with Crippen LogP contribution >= 0.6 is 11.8 Å². The normalized spacial score (nSPS) is 26.0. The number of furan rings is 1. The molecule has 4 heteroatoms. The van der Waals surface area contributed by atoms with Crippen LogP contribution in [0.4, 0.5) is 11.6 Å². The highest BCUT2D eigenvalue weighted by Crippen LogP contribution is 2.34. The number of thioether (sulfide) groups is 1. The summed E-state index contributed by atoms with van der Waals surface area (Å²) in [4.78, 5) is 2.42. The lowest BCUT2D eigenvalue weighted by molar-refractivity contribution is 0.514. The molecule has 1 aromatic rings. The molecule has 1 saturated heterocycles. The summed E-state index contributed by atoms with van der Waals surface area (Å²) >= 11 is 2.06. The van der Waals surface area contributed by atoms with Crippen LogP contribution in [-0.4, -0.2) is 30.6 Å². The van der Waals surface area contributed by atoms with E-state index in [-0.39, 0.29) is 0 Å². The van der Waals surface area contributed by atoms with Gasteiger partial charge in [0.25, 0.3) is 0 Å². The molecule has 0 radical (unpaired) electrons. The van der Waals surface area contributed by atoms with Crippen molar-refractivity contribution in [3.63, 3.8) is 0 Å². The highest BCUT2D eigenvalue weighted by atomic mass is 32.2. The van der Waals surface area contributed by atoms with E-state index in [1.807, 2.05) is 6.07 Å². The van der Waals surface area contributed by atoms with Gasteiger partial charge in [0.1, 0.15) is 0 Å². The minimum atomic E-state index is 0.661. The fourth-order valence-electron chi connectivity index (χ4n) is 2.19. The van der Waals surface area contributed by atoms with Crippen molar-refractivity contribution in [3.05, 3.63) is 12.3 Å². The largest absolute Gasteiger partial charge is 0.447 e. The van der Waals surface area contributed by atoms with Gasteiger partial charge < -0.3 is 14.6 Å². The molecule has 0 amide bonds. The summed E-state index contributed by atoms with van der Waals surface area (Å²) in [6.07, 6.45) is 3.00. The molecule has 0 aromatic carbocycles. The molecule has 0 saturated carbocycles. The summed E-state index contributed by atoms with van der Waals surface area (Å²) < 4.78 is 5.56. The summed E-state index contributed by atoms with van der Waals surface area (Å²) in [6, 6.07) is 2.69. The third-order valence-electron chi connectivity index (χ3n) is 2.93. The van der Waals surface area contributed by atoms with Crippen molar-refractivity contribution in [1.82, 2.24) is 0 Å². The lowest BCUT2D eigenvalue weighted by Crippen LogP contribution is -2.42. The van der Waals surface area contributed by atoms with Crippen molar-refractivity contribution in [2.75, 3.05) is 34.8 Å². The van der Waals surface area contributed by atoms with Gasteiger partial charge in [0.2, 0.25) is 5.88 Å². The third kappa shape index (κ3) is 1.29. The molecule has 1 atom stereocenters. The molecule has 0 aliphatic carbocycles. The second-order valence-corrected chi connectivity index (χ2v) is 4.93. The number of nitrogens with zero attached hydrogens (tertiary/aromatic N) is 1. The van der Waals surface area contributed by atoms with E-state index in [9.17, 15) is 0 Å². The standard InChI is InChI=1S/C10H14N2OS/c1-3-11-9-2-5-13-10(9)12-4-6-14-7-8(1)12/h2,5,8,11H,1,3-4,6-7H2. The molecule has 1 N–H and O–H groups in total. The van der Waals surface area contributed by atoms with Gasteiger partial charge in [0.05, 0.1) is 12.0 Å². The van der Waals surface area contributed by atoms with Crippen LogP contribution in [0.5, 0.6) is 0 Å². The Morgan fingerprint density at radius 1 is 1.57 bits per heavy atom. The molecule has 14 heavy (non-hydrogen) atoms. The first-order valence-electron chi connectivity index (χ1n) is 5.11. The molecule has 3 heterocycles. The Morgan fingerprint density at radius 3 is 3.57 bits per heavy atom. The Hall–Kier alpha value is -0.770. The van der Waals surface area contributed by atoms with Gasteiger partial charge in [-0.15, -0.1) is 0 Å². The predicted molar refractivity (Wildman–Crippen MR) is 60.3 cm³/mol. The number of hydrogen-bond donors (Lipinski definition) is 1. The third-order valence-corrected chi connectivity index (χ3v) is 4.02. The number of rotatable bonds is 0. The van der Waals surface area contributed by atoms with Crippen LogP contribution < -0.4 is 10.2 Å². The molecular formula is C10H14N2OS. The van der Waals surface area contributed by atoms with Crippen molar-refractivity contribution in [2.45, 2.75) is 12.5 Å². The average molecular weight is 210 g/mol. The van der Waals surface area contributed by atoms with Crippen LogP contribution in [-0.2, 0) is 0 Å². The number of nitrogens with one attached hydrogen (secondary N) is 1. The smallest absolute Gasteiger partial charge is 0.218 e. The monoisotopic (exact) mass is 210 g/mol. The van der Waals surface area contributed by atoms with Gasteiger partial charge in [-0.2, -0.15) is 11.8 Å². The second kappa shape index (κ2) is 3.42. The Morgan fingerprint density at radius 2 is 2.57 bits per heavy atom. The quantitative estimate of drug-likeness (QED) is 0.709. The maximum absolute atomic E-state index is 5.56. The van der Waals surface area contributed by atoms with Crippen molar-refractivity contribution in [1.29, 1.82) is 0 Å². The van der Waals surface area contributed by atoms with E-state index in [0.717, 1.165) is 19.0 Å². The summed E-state index contributed by atoms with van der Waals surface area (Å²) in [5, 5.41) is 3.42. The highest BCUT2D eigenvalue weighted by Gasteiger charge is 2.28. The van der Waals surface area contributed by atoms with Crippen LogP contribution in [0.25, 0.3) is 0 Å². The van der Waals surface area contributed by atoms with Crippen molar-refractivity contribution < 1.29 is 4.42 Å². The first-order chi connectivity index (χ1) is 6.95. The van der Waals surface area contributed by atoms with E-state index in [4.69, 9.17) is 4.42 Å². The molecule has 2 aliphatic rings. The Labute approximate surface area is 87.8 Å². The Balaban J connectivity index is 1.96. The van der Waals surface area contributed by atoms with E-state index in [1.165, 1.54) is 23.6 Å². The van der Waals surface area contributed by atoms with Gasteiger partial charge in [-0.25, -0.2) is 0 Å². The summed E-state index contributed by atoms with van der Waals surface area (Å²) in [5.74, 6) is 3.51. The fourth-order valence-corrected chi connectivity index (χ4v) is 3.30. The Bertz CT molecular complexity index is 326. The molecule has 3 rings (SSSR count). The Kier molecular flexibility index (Phi) is 2.09. The molecule has 1 fully saturated rings. The van der Waals surface area contributed by atoms with Gasteiger partial charge in [-0.05, 0) is 6.42 Å². The van der Waals surface area contributed by atoms with E-state index in [2.05, 4.69) is 22.0 Å². The molecule has 76 valence electrons. The second-order valence-electron chi connectivity index (χ2n) is 3.78. The summed E-state index contributed by atoms with van der Waals surface area (Å²) in [7, 11) is 0. The maximum atomic E-state index is 5.56. The minimum absolute atomic E-state index is 0.661. The van der Waals surface area contributed by atoms with Crippen LogP contribution in [0, 0.1) is 0 Å². The zero-order valence-corrected chi connectivity index (χ0v) is 8.85. The van der Waals surface area contributed by atoms with Gasteiger partial charge in [0, 0.05) is 36.7 Å². The number of hydrogen-bond acceptors (Lipinski definition) is 4. The van der Waals surface area contributed by atoms with Gasteiger partial charge >= 0.3 is 0 Å². The summed E-state index contributed by atoms with van der Waals surface area (Å²) in [5.41, 5.74) is 1.17. The van der Waals surface area contributed by atoms with E-state index in [1.54, 1.807) is 6.26 Å². The molecule has 0 spiro atoms. The van der Waals surface area contributed by atoms with E-state index < -0.39 is 0 Å². The van der Waals surface area contributed by atoms with Crippen LogP contribution in [0.1, 0.15) is 6.42 Å². The molecule has 0 bridgehead atoms. The van der Waals surface area contributed by atoms with Gasteiger partial charge in [-0.3, -0.25) is 0 Å². The number of fused-ring (bicyclic) bond motifs is 3. The van der Waals surface area contributed by atoms with Crippen LogP contribution in [0.3, 0.4) is 0 Å². The zero-order valence-electron chi connectivity index (χ0n) is 8.03. The maximum Gasteiger partial charge on any atom is 0.218 e. The van der Waals surface area contributed by atoms with Gasteiger partial charge in [0.15, 0.2) is 0 Å². The molecule has 1 unspecified atom stereocenters. The molecular weight excluding hydrogens is 196 g/mol. The lowest BCUT2D eigenvalue weighted by Gasteiger charge is -2.33. The zero-order chi connectivity index (χ0) is 9.38. The van der Waals surface area contributed by atoms with E-state index in [0.29, 0.717) is 6.04 Å². The predicted octanol–water partition coefficient (Wildman–Crippen LogP) is 2.02. The molecule has 1 aromatic heterocycles. The van der Waals surface area contributed by atoms with Crippen molar-refractivity contribution in [2.24, 2.45) is 0 Å². The SMILES string of the molecule is c1cc2c(o1)N1CCSCC1CCN2. The minimum Gasteiger partial charge on any atom is -0.447 e. The average Bonchev–Trinajstić information content (AvgIpc) is 2.61. The number of anilines is 2. The van der Waals surface area contributed by atoms with Crippen molar-refractivity contribution in [3.8, 4) is 0 Å². The summed E-state index contributed by atoms with van der Waals surface area (Å²) in [6.45, 7) is 2.19. The van der Waals surface area contributed by atoms with Crippen molar-refractivity contribution >= 4 is 23.3 Å². The van der Waals surface area contributed by atoms with Gasteiger partial charge in [-0.1, -0.05) is 0 Å². The molecule has 3 nitrogen and oxygen atoms in total. The van der Waals surface area contributed by atoms with E-state index >= 15 is 0 Å². The molecule has 2 aliphatic heterocycles. The lowest BCUT2D eigenvalue weighted by atomic mass is 10.2. The first kappa shape index (κ1) is 8.53. The highest BCUT2D eigenvalue weighted by molar-refractivity contribution is 7.99. The van der Waals surface area contributed by atoms with Crippen LogP contribution in [0.2, 0.25) is 0 Å². The van der Waals surface area contributed by atoms with Crippen LogP contribution in [0.15, 0.2) is 16.7 Å². The fraction of sp³-hybridized carbons (Fsp3) is 0.600.